The van der Waals surface area contributed by atoms with Gasteiger partial charge in [0.05, 0.1) is 32.5 Å². The number of methoxy groups -OCH3 is 3. The van der Waals surface area contributed by atoms with Crippen LogP contribution in [0.3, 0.4) is 0 Å². The monoisotopic (exact) mass is 324 g/mol. The van der Waals surface area contributed by atoms with E-state index in [2.05, 4.69) is 10.3 Å². The summed E-state index contributed by atoms with van der Waals surface area (Å²) in [6.07, 6.45) is 0. The number of anilines is 2. The maximum Gasteiger partial charge on any atom is 0.142 e. The fourth-order valence-corrected chi connectivity index (χ4v) is 2.62. The Kier molecular flexibility index (Phi) is 4.42. The predicted octanol–water partition coefficient (Wildman–Crippen LogP) is 4.31. The van der Waals surface area contributed by atoms with Gasteiger partial charge in [-0.1, -0.05) is 0 Å². The Hall–Kier alpha value is -2.95. The van der Waals surface area contributed by atoms with Gasteiger partial charge in [0.2, 0.25) is 0 Å². The summed E-state index contributed by atoms with van der Waals surface area (Å²) in [5.41, 5.74) is 3.59. The summed E-state index contributed by atoms with van der Waals surface area (Å²) in [7, 11) is 4.94. The van der Waals surface area contributed by atoms with Crippen LogP contribution in [0.25, 0.3) is 10.9 Å². The first kappa shape index (κ1) is 15.9. The zero-order valence-corrected chi connectivity index (χ0v) is 14.2. The summed E-state index contributed by atoms with van der Waals surface area (Å²) >= 11 is 0. The van der Waals surface area contributed by atoms with Crippen molar-refractivity contribution in [2.24, 2.45) is 0 Å². The largest absolute Gasteiger partial charge is 0.497 e. The molecule has 5 heteroatoms. The minimum atomic E-state index is 0.737. The van der Waals surface area contributed by atoms with Gasteiger partial charge in [0.15, 0.2) is 0 Å². The van der Waals surface area contributed by atoms with Gasteiger partial charge in [0, 0.05) is 22.8 Å². The van der Waals surface area contributed by atoms with Crippen molar-refractivity contribution in [2.75, 3.05) is 26.6 Å². The normalized spacial score (nSPS) is 10.5. The van der Waals surface area contributed by atoms with E-state index in [0.717, 1.165) is 45.2 Å². The van der Waals surface area contributed by atoms with Crippen molar-refractivity contribution < 1.29 is 14.2 Å². The number of nitrogens with one attached hydrogen (secondary N) is 1. The number of rotatable bonds is 5. The van der Waals surface area contributed by atoms with Crippen LogP contribution >= 0.6 is 0 Å². The van der Waals surface area contributed by atoms with Crippen LogP contribution in [0.1, 0.15) is 5.69 Å². The molecular formula is C19H20N2O3. The van der Waals surface area contributed by atoms with E-state index >= 15 is 0 Å². The summed E-state index contributed by atoms with van der Waals surface area (Å²) in [4.78, 5) is 4.58. The molecule has 0 aliphatic carbocycles. The number of aromatic nitrogens is 1. The van der Waals surface area contributed by atoms with E-state index in [0.29, 0.717) is 0 Å². The number of aryl methyl sites for hydroxylation is 1. The van der Waals surface area contributed by atoms with Crippen molar-refractivity contribution in [1.82, 2.24) is 4.98 Å². The topological polar surface area (TPSA) is 52.6 Å². The molecule has 1 aromatic heterocycles. The zero-order valence-electron chi connectivity index (χ0n) is 14.2. The van der Waals surface area contributed by atoms with E-state index in [1.165, 1.54) is 0 Å². The van der Waals surface area contributed by atoms with Gasteiger partial charge in [0.25, 0.3) is 0 Å². The minimum Gasteiger partial charge on any atom is -0.497 e. The first-order valence-corrected chi connectivity index (χ1v) is 7.59. The first-order valence-electron chi connectivity index (χ1n) is 7.59. The molecule has 124 valence electrons. The van der Waals surface area contributed by atoms with Crippen LogP contribution < -0.4 is 19.5 Å². The number of nitrogens with zero attached hydrogens (tertiary/aromatic N) is 1. The van der Waals surface area contributed by atoms with Gasteiger partial charge in [0.1, 0.15) is 17.2 Å². The summed E-state index contributed by atoms with van der Waals surface area (Å²) < 4.78 is 16.1. The highest BCUT2D eigenvalue weighted by atomic mass is 16.5. The number of hydrogen-bond acceptors (Lipinski definition) is 5. The molecule has 1 heterocycles. The second kappa shape index (κ2) is 6.66. The van der Waals surface area contributed by atoms with Crippen molar-refractivity contribution in [3.63, 3.8) is 0 Å². The van der Waals surface area contributed by atoms with Gasteiger partial charge >= 0.3 is 0 Å². The van der Waals surface area contributed by atoms with Crippen molar-refractivity contribution >= 4 is 22.3 Å². The van der Waals surface area contributed by atoms with Crippen LogP contribution in [0, 0.1) is 6.92 Å². The lowest BCUT2D eigenvalue weighted by molar-refractivity contribution is 0.405. The molecule has 1 N–H and O–H groups in total. The lowest BCUT2D eigenvalue weighted by Gasteiger charge is -2.15. The molecule has 2 aromatic carbocycles. The minimum absolute atomic E-state index is 0.737. The van der Waals surface area contributed by atoms with Gasteiger partial charge in [-0.3, -0.25) is 4.98 Å². The van der Waals surface area contributed by atoms with E-state index in [9.17, 15) is 0 Å². The highest BCUT2D eigenvalue weighted by molar-refractivity contribution is 5.94. The second-order valence-corrected chi connectivity index (χ2v) is 5.39. The average Bonchev–Trinajstić information content (AvgIpc) is 2.61. The standard InChI is InChI=1S/C19H20N2O3/c1-12-9-17(15-10-13(22-2)5-7-16(15)20-12)21-18-11-14(23-3)6-8-19(18)24-4/h5-11H,1-4H3,(H,20,21). The Labute approximate surface area is 141 Å². The SMILES string of the molecule is COc1ccc(OC)c(Nc2cc(C)nc3ccc(OC)cc23)c1. The second-order valence-electron chi connectivity index (χ2n) is 5.39. The molecule has 0 radical (unpaired) electrons. The van der Waals surface area contributed by atoms with Crippen molar-refractivity contribution in [3.05, 3.63) is 48.2 Å². The van der Waals surface area contributed by atoms with Gasteiger partial charge in [-0.2, -0.15) is 0 Å². The lowest BCUT2D eigenvalue weighted by Crippen LogP contribution is -1.98. The number of benzene rings is 2. The Morgan fingerprint density at radius 2 is 1.50 bits per heavy atom. The quantitative estimate of drug-likeness (QED) is 0.758. The van der Waals surface area contributed by atoms with Gasteiger partial charge < -0.3 is 19.5 Å². The molecule has 3 rings (SSSR count). The Morgan fingerprint density at radius 3 is 2.21 bits per heavy atom. The molecule has 0 spiro atoms. The maximum absolute atomic E-state index is 5.45. The van der Waals surface area contributed by atoms with Crippen LogP contribution in [-0.4, -0.2) is 26.3 Å². The van der Waals surface area contributed by atoms with E-state index in [4.69, 9.17) is 14.2 Å². The fraction of sp³-hybridized carbons (Fsp3) is 0.211. The van der Waals surface area contributed by atoms with Crippen LogP contribution in [0.4, 0.5) is 11.4 Å². The number of fused-ring (bicyclic) bond motifs is 1. The molecule has 0 fully saturated rings. The summed E-state index contributed by atoms with van der Waals surface area (Å²) in [6.45, 7) is 1.97. The molecule has 0 bridgehead atoms. The van der Waals surface area contributed by atoms with E-state index in [1.807, 2.05) is 49.4 Å². The molecule has 0 aliphatic heterocycles. The van der Waals surface area contributed by atoms with Crippen LogP contribution in [0.2, 0.25) is 0 Å². The average molecular weight is 324 g/mol. The molecule has 0 saturated heterocycles. The fourth-order valence-electron chi connectivity index (χ4n) is 2.62. The van der Waals surface area contributed by atoms with Crippen LogP contribution in [0.15, 0.2) is 42.5 Å². The third-order valence-corrected chi connectivity index (χ3v) is 3.82. The Balaban J connectivity index is 2.12. The molecule has 0 aliphatic rings. The highest BCUT2D eigenvalue weighted by Gasteiger charge is 2.10. The molecule has 5 nitrogen and oxygen atoms in total. The molecule has 0 unspecified atom stereocenters. The summed E-state index contributed by atoms with van der Waals surface area (Å²) in [5.74, 6) is 2.28. The van der Waals surface area contributed by atoms with Crippen molar-refractivity contribution in [2.45, 2.75) is 6.92 Å². The van der Waals surface area contributed by atoms with Crippen LogP contribution in [-0.2, 0) is 0 Å². The van der Waals surface area contributed by atoms with E-state index < -0.39 is 0 Å². The van der Waals surface area contributed by atoms with Crippen LogP contribution in [0.5, 0.6) is 17.2 Å². The van der Waals surface area contributed by atoms with Crippen molar-refractivity contribution in [3.8, 4) is 17.2 Å². The smallest absolute Gasteiger partial charge is 0.142 e. The third kappa shape index (κ3) is 3.06. The molecular weight excluding hydrogens is 304 g/mol. The Morgan fingerprint density at radius 1 is 0.792 bits per heavy atom. The highest BCUT2D eigenvalue weighted by Crippen LogP contribution is 2.35. The maximum atomic E-state index is 5.45. The Bertz CT molecular complexity index is 878. The van der Waals surface area contributed by atoms with Gasteiger partial charge in [-0.05, 0) is 43.3 Å². The van der Waals surface area contributed by atoms with Crippen molar-refractivity contribution in [1.29, 1.82) is 0 Å². The third-order valence-electron chi connectivity index (χ3n) is 3.82. The molecule has 24 heavy (non-hydrogen) atoms. The van der Waals surface area contributed by atoms with E-state index in [1.54, 1.807) is 21.3 Å². The number of hydrogen-bond donors (Lipinski definition) is 1. The van der Waals surface area contributed by atoms with E-state index in [-0.39, 0.29) is 0 Å². The molecule has 0 amide bonds. The molecule has 0 saturated carbocycles. The number of ether oxygens (including phenoxy) is 3. The van der Waals surface area contributed by atoms with Gasteiger partial charge in [-0.15, -0.1) is 0 Å². The lowest BCUT2D eigenvalue weighted by atomic mass is 10.1. The predicted molar refractivity (Wildman–Crippen MR) is 95.9 cm³/mol. The molecule has 0 atom stereocenters. The summed E-state index contributed by atoms with van der Waals surface area (Å²) in [6, 6.07) is 13.5. The summed E-state index contributed by atoms with van der Waals surface area (Å²) in [5, 5.41) is 4.41. The molecule has 3 aromatic rings. The first-order chi connectivity index (χ1) is 11.6. The zero-order chi connectivity index (χ0) is 17.1. The van der Waals surface area contributed by atoms with Gasteiger partial charge in [-0.25, -0.2) is 0 Å². The number of pyridine rings is 1.